The highest BCUT2D eigenvalue weighted by atomic mass is 32.2. The molecular weight excluding hydrogens is 368 g/mol. The number of aromatic nitrogens is 3. The van der Waals surface area contributed by atoms with Gasteiger partial charge in [-0.3, -0.25) is 9.48 Å². The molecule has 1 aromatic heterocycles. The molecule has 1 saturated heterocycles. The molecule has 0 atom stereocenters. The number of amides is 1. The van der Waals surface area contributed by atoms with Crippen molar-refractivity contribution < 1.29 is 22.0 Å². The van der Waals surface area contributed by atoms with Crippen LogP contribution < -0.4 is 0 Å². The van der Waals surface area contributed by atoms with E-state index in [-0.39, 0.29) is 38.5 Å². The Morgan fingerprint density at radius 2 is 1.88 bits per heavy atom. The van der Waals surface area contributed by atoms with Crippen LogP contribution in [0.4, 0.5) is 8.78 Å². The van der Waals surface area contributed by atoms with Crippen LogP contribution >= 0.6 is 0 Å². The number of sulfonamides is 1. The van der Waals surface area contributed by atoms with Crippen molar-refractivity contribution in [1.82, 2.24) is 24.0 Å². The highest BCUT2D eigenvalue weighted by molar-refractivity contribution is 7.89. The van der Waals surface area contributed by atoms with Crippen LogP contribution in [0.3, 0.4) is 0 Å². The van der Waals surface area contributed by atoms with E-state index >= 15 is 0 Å². The van der Waals surface area contributed by atoms with Gasteiger partial charge in [0.05, 0.1) is 6.54 Å². The van der Waals surface area contributed by atoms with E-state index in [1.807, 2.05) is 0 Å². The molecule has 0 unspecified atom stereocenters. The van der Waals surface area contributed by atoms with Crippen LogP contribution in [0.1, 0.15) is 6.42 Å². The monoisotopic (exact) mass is 385 g/mol. The van der Waals surface area contributed by atoms with Crippen LogP contribution in [-0.4, -0.2) is 64.5 Å². The van der Waals surface area contributed by atoms with Gasteiger partial charge in [-0.1, -0.05) is 0 Å². The Labute approximate surface area is 149 Å². The van der Waals surface area contributed by atoms with E-state index in [1.54, 1.807) is 4.90 Å². The molecule has 0 saturated carbocycles. The van der Waals surface area contributed by atoms with Crippen LogP contribution in [-0.2, 0) is 21.4 Å². The normalized spacial score (nSPS) is 16.0. The van der Waals surface area contributed by atoms with Gasteiger partial charge in [0.25, 0.3) is 0 Å². The van der Waals surface area contributed by atoms with Gasteiger partial charge in [-0.25, -0.2) is 22.2 Å². The maximum Gasteiger partial charge on any atom is 0.246 e. The van der Waals surface area contributed by atoms with Gasteiger partial charge in [-0.15, -0.1) is 0 Å². The molecule has 1 aliphatic rings. The first-order valence-corrected chi connectivity index (χ1v) is 9.37. The molecule has 8 nitrogen and oxygen atoms in total. The van der Waals surface area contributed by atoms with E-state index in [0.717, 1.165) is 16.4 Å². The van der Waals surface area contributed by atoms with Gasteiger partial charge in [0.15, 0.2) is 0 Å². The van der Waals surface area contributed by atoms with Gasteiger partial charge in [0.2, 0.25) is 15.9 Å². The zero-order valence-corrected chi connectivity index (χ0v) is 14.6. The molecule has 3 rings (SSSR count). The Bertz CT molecular complexity index is 881. The number of aryl methyl sites for hydroxylation is 1. The highest BCUT2D eigenvalue weighted by Crippen LogP contribution is 2.21. The van der Waals surface area contributed by atoms with E-state index in [2.05, 4.69) is 10.1 Å². The minimum atomic E-state index is -4.08. The number of piperazine rings is 1. The Morgan fingerprint density at radius 1 is 1.15 bits per heavy atom. The molecule has 0 bridgehead atoms. The number of hydrogen-bond donors (Lipinski definition) is 0. The second-order valence-corrected chi connectivity index (χ2v) is 7.67. The number of nitrogens with zero attached hydrogens (tertiary/aromatic N) is 5. The number of carbonyl (C=O) groups excluding carboxylic acids is 1. The maximum atomic E-state index is 13.8. The first-order chi connectivity index (χ1) is 12.4. The molecule has 0 radical (unpaired) electrons. The van der Waals surface area contributed by atoms with Crippen LogP contribution in [0.2, 0.25) is 0 Å². The van der Waals surface area contributed by atoms with Gasteiger partial charge in [0.1, 0.15) is 29.2 Å². The summed E-state index contributed by atoms with van der Waals surface area (Å²) in [6, 6.07) is 2.35. The summed E-state index contributed by atoms with van der Waals surface area (Å²) in [7, 11) is -4.08. The Hall–Kier alpha value is -2.40. The van der Waals surface area contributed by atoms with Crippen molar-refractivity contribution >= 4 is 15.9 Å². The molecule has 2 heterocycles. The average Bonchev–Trinajstić information content (AvgIpc) is 3.13. The average molecular weight is 385 g/mol. The zero-order valence-electron chi connectivity index (χ0n) is 13.8. The fourth-order valence-corrected chi connectivity index (χ4v) is 4.19. The van der Waals surface area contributed by atoms with Crippen molar-refractivity contribution in [2.75, 3.05) is 26.2 Å². The molecule has 1 amide bonds. The summed E-state index contributed by atoms with van der Waals surface area (Å²) in [5, 5.41) is 3.91. The molecule has 0 spiro atoms. The lowest BCUT2D eigenvalue weighted by atomic mass is 10.3. The van der Waals surface area contributed by atoms with Crippen molar-refractivity contribution in [1.29, 1.82) is 0 Å². The van der Waals surface area contributed by atoms with Gasteiger partial charge in [-0.05, 0) is 12.1 Å². The van der Waals surface area contributed by atoms with E-state index in [1.165, 1.54) is 17.3 Å². The lowest BCUT2D eigenvalue weighted by Gasteiger charge is -2.34. The predicted octanol–water partition coefficient (Wildman–Crippen LogP) is 0.480. The Balaban J connectivity index is 1.59. The van der Waals surface area contributed by atoms with Crippen molar-refractivity contribution in [3.05, 3.63) is 42.5 Å². The van der Waals surface area contributed by atoms with Crippen LogP contribution in [0, 0.1) is 11.6 Å². The first-order valence-electron chi connectivity index (χ1n) is 7.93. The van der Waals surface area contributed by atoms with Crippen LogP contribution in [0.15, 0.2) is 35.7 Å². The standard InChI is InChI=1S/C15H17F2N5O3S/c16-12-1-2-14(13(17)9-12)26(24,25)22-7-5-20(6-8-22)15(23)3-4-21-11-18-10-19-21/h1-2,9-11H,3-8H2. The fourth-order valence-electron chi connectivity index (χ4n) is 2.72. The third-order valence-corrected chi connectivity index (χ3v) is 6.06. The second-order valence-electron chi connectivity index (χ2n) is 5.77. The summed E-state index contributed by atoms with van der Waals surface area (Å²) in [4.78, 5) is 17.0. The summed E-state index contributed by atoms with van der Waals surface area (Å²) >= 11 is 0. The van der Waals surface area contributed by atoms with Gasteiger partial charge >= 0.3 is 0 Å². The van der Waals surface area contributed by atoms with Gasteiger partial charge in [0, 0.05) is 38.7 Å². The number of benzene rings is 1. The number of hydrogen-bond acceptors (Lipinski definition) is 5. The topological polar surface area (TPSA) is 88.4 Å². The molecule has 26 heavy (non-hydrogen) atoms. The number of carbonyl (C=O) groups is 1. The summed E-state index contributed by atoms with van der Waals surface area (Å²) in [5.74, 6) is -2.09. The lowest BCUT2D eigenvalue weighted by molar-refractivity contribution is -0.132. The van der Waals surface area contributed by atoms with E-state index in [4.69, 9.17) is 0 Å². The molecule has 140 valence electrons. The zero-order chi connectivity index (χ0) is 18.7. The minimum absolute atomic E-state index is 0.0498. The summed E-state index contributed by atoms with van der Waals surface area (Å²) in [6.07, 6.45) is 3.11. The quantitative estimate of drug-likeness (QED) is 0.747. The third-order valence-electron chi connectivity index (χ3n) is 4.12. The molecule has 1 aliphatic heterocycles. The van der Waals surface area contributed by atoms with Crippen molar-refractivity contribution in [3.63, 3.8) is 0 Å². The second kappa shape index (κ2) is 7.46. The van der Waals surface area contributed by atoms with Gasteiger partial charge in [-0.2, -0.15) is 9.40 Å². The molecule has 1 fully saturated rings. The molecular formula is C15H17F2N5O3S. The SMILES string of the molecule is O=C(CCn1cncn1)N1CCN(S(=O)(=O)c2ccc(F)cc2F)CC1. The summed E-state index contributed by atoms with van der Waals surface area (Å²) in [6.45, 7) is 0.900. The Kier molecular flexibility index (Phi) is 5.28. The van der Waals surface area contributed by atoms with Crippen LogP contribution in [0.5, 0.6) is 0 Å². The van der Waals surface area contributed by atoms with E-state index < -0.39 is 26.6 Å². The maximum absolute atomic E-state index is 13.8. The van der Waals surface area contributed by atoms with Crippen LogP contribution in [0.25, 0.3) is 0 Å². The van der Waals surface area contributed by atoms with Gasteiger partial charge < -0.3 is 4.90 Å². The fraction of sp³-hybridized carbons (Fsp3) is 0.400. The first kappa shape index (κ1) is 18.4. The summed E-state index contributed by atoms with van der Waals surface area (Å²) < 4.78 is 54.5. The summed E-state index contributed by atoms with van der Waals surface area (Å²) in [5.41, 5.74) is 0. The largest absolute Gasteiger partial charge is 0.340 e. The number of halogens is 2. The van der Waals surface area contributed by atoms with Crippen molar-refractivity contribution in [2.24, 2.45) is 0 Å². The molecule has 11 heteroatoms. The van der Waals surface area contributed by atoms with Crippen molar-refractivity contribution in [3.8, 4) is 0 Å². The van der Waals surface area contributed by atoms with Crippen molar-refractivity contribution in [2.45, 2.75) is 17.9 Å². The van der Waals surface area contributed by atoms with E-state index in [9.17, 15) is 22.0 Å². The molecule has 0 N–H and O–H groups in total. The van der Waals surface area contributed by atoms with E-state index in [0.29, 0.717) is 12.6 Å². The molecule has 1 aromatic carbocycles. The minimum Gasteiger partial charge on any atom is -0.340 e. The smallest absolute Gasteiger partial charge is 0.246 e. The lowest BCUT2D eigenvalue weighted by Crippen LogP contribution is -2.50. The highest BCUT2D eigenvalue weighted by Gasteiger charge is 2.31. The molecule has 0 aliphatic carbocycles. The number of rotatable bonds is 5. The third kappa shape index (κ3) is 3.88. The molecule has 2 aromatic rings. The predicted molar refractivity (Wildman–Crippen MR) is 86.3 cm³/mol. The Morgan fingerprint density at radius 3 is 2.50 bits per heavy atom.